The van der Waals surface area contributed by atoms with Gasteiger partial charge in [0.15, 0.2) is 0 Å². The molecule has 0 aliphatic heterocycles. The molecular formula is C15H21F2N. The topological polar surface area (TPSA) is 12.0 Å². The van der Waals surface area contributed by atoms with Crippen LogP contribution in [0.5, 0.6) is 0 Å². The van der Waals surface area contributed by atoms with E-state index in [0.29, 0.717) is 17.9 Å². The second-order valence-corrected chi connectivity index (χ2v) is 5.15. The van der Waals surface area contributed by atoms with Gasteiger partial charge in [-0.3, -0.25) is 0 Å². The average Bonchev–Trinajstić information content (AvgIpc) is 2.87. The molecule has 1 fully saturated rings. The van der Waals surface area contributed by atoms with E-state index in [1.807, 2.05) is 0 Å². The van der Waals surface area contributed by atoms with Crippen LogP contribution in [-0.4, -0.2) is 12.6 Å². The molecule has 3 heteroatoms. The Balaban J connectivity index is 2.09. The minimum absolute atomic E-state index is 0.272. The molecule has 1 aromatic rings. The molecule has 100 valence electrons. The van der Waals surface area contributed by atoms with Crippen LogP contribution in [-0.2, 0) is 6.42 Å². The van der Waals surface area contributed by atoms with Crippen LogP contribution < -0.4 is 5.32 Å². The first-order valence-electron chi connectivity index (χ1n) is 6.88. The fourth-order valence-electron chi connectivity index (χ4n) is 2.96. The van der Waals surface area contributed by atoms with Crippen molar-refractivity contribution in [2.75, 3.05) is 6.54 Å². The fourth-order valence-corrected chi connectivity index (χ4v) is 2.96. The van der Waals surface area contributed by atoms with E-state index in [1.54, 1.807) is 0 Å². The Labute approximate surface area is 108 Å². The molecule has 2 rings (SSSR count). The second kappa shape index (κ2) is 6.28. The fraction of sp³-hybridized carbons (Fsp3) is 0.600. The SMILES string of the molecule is CCNC(Cc1cc(F)ccc1F)C1CCCC1. The Morgan fingerprint density at radius 3 is 2.67 bits per heavy atom. The Kier molecular flexibility index (Phi) is 4.70. The van der Waals surface area contributed by atoms with Crippen LogP contribution in [0, 0.1) is 17.6 Å². The van der Waals surface area contributed by atoms with E-state index in [2.05, 4.69) is 12.2 Å². The van der Waals surface area contributed by atoms with Gasteiger partial charge in [0.2, 0.25) is 0 Å². The largest absolute Gasteiger partial charge is 0.314 e. The van der Waals surface area contributed by atoms with Gasteiger partial charge in [0.05, 0.1) is 0 Å². The van der Waals surface area contributed by atoms with Crippen molar-refractivity contribution < 1.29 is 8.78 Å². The molecule has 1 unspecified atom stereocenters. The quantitative estimate of drug-likeness (QED) is 0.844. The molecule has 0 bridgehead atoms. The van der Waals surface area contributed by atoms with E-state index in [0.717, 1.165) is 6.54 Å². The summed E-state index contributed by atoms with van der Waals surface area (Å²) in [6.45, 7) is 2.93. The molecule has 18 heavy (non-hydrogen) atoms. The van der Waals surface area contributed by atoms with E-state index in [4.69, 9.17) is 0 Å². The molecule has 0 radical (unpaired) electrons. The van der Waals surface area contributed by atoms with Gasteiger partial charge in [0.25, 0.3) is 0 Å². The first kappa shape index (κ1) is 13.5. The maximum absolute atomic E-state index is 13.7. The number of likely N-dealkylation sites (N-methyl/N-ethyl adjacent to an activating group) is 1. The number of halogens is 2. The van der Waals surface area contributed by atoms with Crippen LogP contribution >= 0.6 is 0 Å². The number of nitrogens with one attached hydrogen (secondary N) is 1. The molecule has 0 heterocycles. The van der Waals surface area contributed by atoms with Crippen molar-refractivity contribution in [2.24, 2.45) is 5.92 Å². The van der Waals surface area contributed by atoms with Gasteiger partial charge >= 0.3 is 0 Å². The summed E-state index contributed by atoms with van der Waals surface area (Å²) in [6, 6.07) is 4.00. The smallest absolute Gasteiger partial charge is 0.126 e. The first-order chi connectivity index (χ1) is 8.70. The van der Waals surface area contributed by atoms with Crippen molar-refractivity contribution in [3.05, 3.63) is 35.4 Å². The van der Waals surface area contributed by atoms with E-state index >= 15 is 0 Å². The summed E-state index contributed by atoms with van der Waals surface area (Å²) < 4.78 is 26.8. The summed E-state index contributed by atoms with van der Waals surface area (Å²) in [5.74, 6) is -0.0435. The van der Waals surface area contributed by atoms with Crippen molar-refractivity contribution >= 4 is 0 Å². The van der Waals surface area contributed by atoms with E-state index < -0.39 is 0 Å². The van der Waals surface area contributed by atoms with Gasteiger partial charge in [0.1, 0.15) is 11.6 Å². The highest BCUT2D eigenvalue weighted by atomic mass is 19.1. The summed E-state index contributed by atoms with van der Waals surface area (Å²) in [5.41, 5.74) is 0.493. The van der Waals surface area contributed by atoms with Crippen molar-refractivity contribution in [2.45, 2.75) is 45.1 Å². The molecule has 1 saturated carbocycles. The Morgan fingerprint density at radius 1 is 1.28 bits per heavy atom. The van der Waals surface area contributed by atoms with Crippen LogP contribution in [0.2, 0.25) is 0 Å². The minimum atomic E-state index is -0.354. The Hall–Kier alpha value is -0.960. The zero-order valence-electron chi connectivity index (χ0n) is 10.9. The predicted molar refractivity (Wildman–Crippen MR) is 69.5 cm³/mol. The summed E-state index contributed by atoms with van der Waals surface area (Å²) in [6.07, 6.45) is 5.52. The second-order valence-electron chi connectivity index (χ2n) is 5.15. The normalized spacial score (nSPS) is 18.2. The molecule has 0 saturated heterocycles. The van der Waals surface area contributed by atoms with Crippen LogP contribution in [0.4, 0.5) is 8.78 Å². The Bertz CT molecular complexity index is 386. The zero-order valence-corrected chi connectivity index (χ0v) is 10.9. The number of rotatable bonds is 5. The molecule has 1 nitrogen and oxygen atoms in total. The standard InChI is InChI=1S/C15H21F2N/c1-2-18-15(11-5-3-4-6-11)10-12-9-13(16)7-8-14(12)17/h7-9,11,15,18H,2-6,10H2,1H3. The molecule has 0 aromatic heterocycles. The third-order valence-electron chi connectivity index (χ3n) is 3.88. The van der Waals surface area contributed by atoms with E-state index in [-0.39, 0.29) is 17.7 Å². The molecule has 1 aliphatic carbocycles. The van der Waals surface area contributed by atoms with E-state index in [1.165, 1.54) is 43.9 Å². The minimum Gasteiger partial charge on any atom is -0.314 e. The highest BCUT2D eigenvalue weighted by Gasteiger charge is 2.25. The number of benzene rings is 1. The lowest BCUT2D eigenvalue weighted by atomic mass is 9.92. The monoisotopic (exact) mass is 253 g/mol. The van der Waals surface area contributed by atoms with Crippen LogP contribution in [0.25, 0.3) is 0 Å². The van der Waals surface area contributed by atoms with Crippen LogP contribution in [0.15, 0.2) is 18.2 Å². The maximum atomic E-state index is 13.7. The van der Waals surface area contributed by atoms with Gasteiger partial charge in [-0.25, -0.2) is 8.78 Å². The summed E-state index contributed by atoms with van der Waals surface area (Å²) in [5, 5.41) is 3.43. The third kappa shape index (κ3) is 3.29. The third-order valence-corrected chi connectivity index (χ3v) is 3.88. The van der Waals surface area contributed by atoms with Crippen molar-refractivity contribution in [1.82, 2.24) is 5.32 Å². The van der Waals surface area contributed by atoms with Gasteiger partial charge in [0, 0.05) is 6.04 Å². The van der Waals surface area contributed by atoms with Gasteiger partial charge in [-0.05, 0) is 55.5 Å². The average molecular weight is 253 g/mol. The zero-order chi connectivity index (χ0) is 13.0. The lowest BCUT2D eigenvalue weighted by Crippen LogP contribution is -2.37. The highest BCUT2D eigenvalue weighted by molar-refractivity contribution is 5.20. The van der Waals surface area contributed by atoms with Gasteiger partial charge < -0.3 is 5.32 Å². The highest BCUT2D eigenvalue weighted by Crippen LogP contribution is 2.29. The molecule has 1 atom stereocenters. The molecule has 1 N–H and O–H groups in total. The summed E-state index contributed by atoms with van der Waals surface area (Å²) in [4.78, 5) is 0. The van der Waals surface area contributed by atoms with Crippen molar-refractivity contribution in [3.63, 3.8) is 0 Å². The lowest BCUT2D eigenvalue weighted by molar-refractivity contribution is 0.358. The molecule has 0 amide bonds. The summed E-state index contributed by atoms with van der Waals surface area (Å²) in [7, 11) is 0. The van der Waals surface area contributed by atoms with Gasteiger partial charge in [-0.1, -0.05) is 19.8 Å². The van der Waals surface area contributed by atoms with Crippen molar-refractivity contribution in [3.8, 4) is 0 Å². The molecular weight excluding hydrogens is 232 g/mol. The van der Waals surface area contributed by atoms with Crippen LogP contribution in [0.1, 0.15) is 38.2 Å². The molecule has 1 aliphatic rings. The number of hydrogen-bond acceptors (Lipinski definition) is 1. The van der Waals surface area contributed by atoms with Crippen molar-refractivity contribution in [1.29, 1.82) is 0 Å². The van der Waals surface area contributed by atoms with Crippen LogP contribution in [0.3, 0.4) is 0 Å². The number of hydrogen-bond donors (Lipinski definition) is 1. The molecule has 1 aromatic carbocycles. The molecule has 0 spiro atoms. The maximum Gasteiger partial charge on any atom is 0.126 e. The lowest BCUT2D eigenvalue weighted by Gasteiger charge is -2.24. The summed E-state index contributed by atoms with van der Waals surface area (Å²) >= 11 is 0. The first-order valence-corrected chi connectivity index (χ1v) is 6.88. The Morgan fingerprint density at radius 2 is 2.00 bits per heavy atom. The van der Waals surface area contributed by atoms with Gasteiger partial charge in [-0.2, -0.15) is 0 Å². The van der Waals surface area contributed by atoms with E-state index in [9.17, 15) is 8.78 Å². The van der Waals surface area contributed by atoms with Gasteiger partial charge in [-0.15, -0.1) is 0 Å². The predicted octanol–water partition coefficient (Wildman–Crippen LogP) is 3.68.